The van der Waals surface area contributed by atoms with Crippen molar-refractivity contribution in [3.63, 3.8) is 0 Å². The molecule has 0 saturated heterocycles. The first-order valence-electron chi connectivity index (χ1n) is 8.22. The van der Waals surface area contributed by atoms with Crippen LogP contribution in [0.3, 0.4) is 0 Å². The van der Waals surface area contributed by atoms with E-state index in [2.05, 4.69) is 5.32 Å². The summed E-state index contributed by atoms with van der Waals surface area (Å²) in [5.41, 5.74) is 1.78. The molecule has 7 heteroatoms. The van der Waals surface area contributed by atoms with Gasteiger partial charge in [-0.1, -0.05) is 17.7 Å². The third kappa shape index (κ3) is 4.26. The van der Waals surface area contributed by atoms with Gasteiger partial charge in [0.2, 0.25) is 12.7 Å². The summed E-state index contributed by atoms with van der Waals surface area (Å²) in [5, 5.41) is 3.01. The fourth-order valence-electron chi connectivity index (χ4n) is 2.55. The molecule has 0 radical (unpaired) electrons. The Bertz CT molecular complexity index is 837. The van der Waals surface area contributed by atoms with Crippen LogP contribution in [-0.2, 0) is 16.0 Å². The summed E-state index contributed by atoms with van der Waals surface area (Å²) >= 11 is 6.09. The number of fused-ring (bicyclic) bond motifs is 1. The standard InChI is InChI=1S/C19H18ClNO5/c1-2-24-19(23)14-6-5-13(10-15(14)20)21-18(22)8-4-12-3-7-16-17(9-12)26-11-25-16/h3,5-7,9-10H,2,4,8,11H2,1H3,(H,21,22). The number of hydrogen-bond donors (Lipinski definition) is 1. The van der Waals surface area contributed by atoms with Crippen LogP contribution in [0, 0.1) is 0 Å². The maximum Gasteiger partial charge on any atom is 0.339 e. The highest BCUT2D eigenvalue weighted by molar-refractivity contribution is 6.34. The molecule has 0 spiro atoms. The Kier molecular flexibility index (Phi) is 5.63. The minimum Gasteiger partial charge on any atom is -0.462 e. The molecule has 1 heterocycles. The SMILES string of the molecule is CCOC(=O)c1ccc(NC(=O)CCc2ccc3c(c2)OCO3)cc1Cl. The van der Waals surface area contributed by atoms with Crippen molar-refractivity contribution in [2.45, 2.75) is 19.8 Å². The zero-order valence-corrected chi connectivity index (χ0v) is 15.0. The van der Waals surface area contributed by atoms with Gasteiger partial charge in [0.05, 0.1) is 17.2 Å². The lowest BCUT2D eigenvalue weighted by molar-refractivity contribution is -0.116. The van der Waals surface area contributed by atoms with E-state index >= 15 is 0 Å². The van der Waals surface area contributed by atoms with Gasteiger partial charge in [-0.25, -0.2) is 4.79 Å². The second-order valence-corrected chi connectivity index (χ2v) is 6.06. The minimum atomic E-state index is -0.488. The van der Waals surface area contributed by atoms with Crippen LogP contribution < -0.4 is 14.8 Å². The molecule has 2 aromatic carbocycles. The molecule has 6 nitrogen and oxygen atoms in total. The molecular formula is C19H18ClNO5. The van der Waals surface area contributed by atoms with Crippen LogP contribution >= 0.6 is 11.6 Å². The van der Waals surface area contributed by atoms with Crippen LogP contribution in [0.2, 0.25) is 5.02 Å². The summed E-state index contributed by atoms with van der Waals surface area (Å²) in [5.74, 6) is 0.777. The predicted molar refractivity (Wildman–Crippen MR) is 96.9 cm³/mol. The smallest absolute Gasteiger partial charge is 0.339 e. The zero-order chi connectivity index (χ0) is 18.5. The molecule has 3 rings (SSSR count). The van der Waals surface area contributed by atoms with Gasteiger partial charge >= 0.3 is 5.97 Å². The monoisotopic (exact) mass is 375 g/mol. The van der Waals surface area contributed by atoms with E-state index in [0.717, 1.165) is 11.3 Å². The molecule has 0 atom stereocenters. The topological polar surface area (TPSA) is 73.9 Å². The van der Waals surface area contributed by atoms with Gasteiger partial charge in [0.15, 0.2) is 11.5 Å². The highest BCUT2D eigenvalue weighted by Gasteiger charge is 2.15. The van der Waals surface area contributed by atoms with E-state index in [4.69, 9.17) is 25.8 Å². The Balaban J connectivity index is 1.56. The Labute approximate surface area is 156 Å². The van der Waals surface area contributed by atoms with E-state index in [-0.39, 0.29) is 29.9 Å². The highest BCUT2D eigenvalue weighted by Crippen LogP contribution is 2.32. The predicted octanol–water partition coefficient (Wildman–Crippen LogP) is 3.82. The van der Waals surface area contributed by atoms with Crippen molar-refractivity contribution in [2.24, 2.45) is 0 Å². The maximum absolute atomic E-state index is 12.2. The minimum absolute atomic E-state index is 0.150. The van der Waals surface area contributed by atoms with Crippen LogP contribution in [-0.4, -0.2) is 25.3 Å². The maximum atomic E-state index is 12.2. The van der Waals surface area contributed by atoms with Crippen molar-refractivity contribution in [1.82, 2.24) is 0 Å². The lowest BCUT2D eigenvalue weighted by Crippen LogP contribution is -2.13. The third-order valence-corrected chi connectivity index (χ3v) is 4.14. The second kappa shape index (κ2) is 8.10. The molecule has 2 aromatic rings. The lowest BCUT2D eigenvalue weighted by Gasteiger charge is -2.09. The van der Waals surface area contributed by atoms with Crippen molar-refractivity contribution >= 4 is 29.2 Å². The molecular weight excluding hydrogens is 358 g/mol. The second-order valence-electron chi connectivity index (χ2n) is 5.65. The van der Waals surface area contributed by atoms with Gasteiger partial charge in [0.1, 0.15) is 0 Å². The number of carbonyl (C=O) groups is 2. The molecule has 0 aliphatic carbocycles. The van der Waals surface area contributed by atoms with Gasteiger partial charge in [0, 0.05) is 12.1 Å². The molecule has 1 aliphatic rings. The van der Waals surface area contributed by atoms with E-state index < -0.39 is 5.97 Å². The molecule has 0 aromatic heterocycles. The number of benzene rings is 2. The van der Waals surface area contributed by atoms with Gasteiger partial charge < -0.3 is 19.5 Å². The quantitative estimate of drug-likeness (QED) is 0.777. The normalized spacial score (nSPS) is 11.9. The van der Waals surface area contributed by atoms with Crippen molar-refractivity contribution in [1.29, 1.82) is 0 Å². The zero-order valence-electron chi connectivity index (χ0n) is 14.2. The van der Waals surface area contributed by atoms with Crippen LogP contribution in [0.4, 0.5) is 5.69 Å². The highest BCUT2D eigenvalue weighted by atomic mass is 35.5. The summed E-state index contributed by atoms with van der Waals surface area (Å²) in [6.45, 7) is 2.22. The van der Waals surface area contributed by atoms with Crippen LogP contribution in [0.1, 0.15) is 29.3 Å². The number of ether oxygens (including phenoxy) is 3. The van der Waals surface area contributed by atoms with Crippen molar-refractivity contribution in [3.8, 4) is 11.5 Å². The van der Waals surface area contributed by atoms with Crippen molar-refractivity contribution in [2.75, 3.05) is 18.7 Å². The number of aryl methyl sites for hydroxylation is 1. The van der Waals surface area contributed by atoms with Crippen molar-refractivity contribution < 1.29 is 23.8 Å². The number of halogens is 1. The fourth-order valence-corrected chi connectivity index (χ4v) is 2.80. The molecule has 1 N–H and O–H groups in total. The average Bonchev–Trinajstić information content (AvgIpc) is 3.08. The molecule has 1 aliphatic heterocycles. The van der Waals surface area contributed by atoms with E-state index in [1.165, 1.54) is 12.1 Å². The molecule has 0 saturated carbocycles. The summed E-state index contributed by atoms with van der Waals surface area (Å²) in [6, 6.07) is 10.3. The average molecular weight is 376 g/mol. The lowest BCUT2D eigenvalue weighted by atomic mass is 10.1. The summed E-state index contributed by atoms with van der Waals surface area (Å²) in [4.78, 5) is 23.9. The molecule has 136 valence electrons. The number of esters is 1. The van der Waals surface area contributed by atoms with Gasteiger partial charge in [-0.05, 0) is 49.2 Å². The van der Waals surface area contributed by atoms with Gasteiger partial charge in [-0.3, -0.25) is 4.79 Å². The first kappa shape index (κ1) is 18.1. The van der Waals surface area contributed by atoms with E-state index in [0.29, 0.717) is 24.3 Å². The largest absolute Gasteiger partial charge is 0.462 e. The summed E-state index contributed by atoms with van der Waals surface area (Å²) in [6.07, 6.45) is 0.869. The summed E-state index contributed by atoms with van der Waals surface area (Å²) in [7, 11) is 0. The Morgan fingerprint density at radius 2 is 1.96 bits per heavy atom. The first-order chi connectivity index (χ1) is 12.6. The number of hydrogen-bond acceptors (Lipinski definition) is 5. The Morgan fingerprint density at radius 3 is 2.73 bits per heavy atom. The fraction of sp³-hybridized carbons (Fsp3) is 0.263. The number of carbonyl (C=O) groups excluding carboxylic acids is 2. The van der Waals surface area contributed by atoms with Gasteiger partial charge in [-0.2, -0.15) is 0 Å². The number of rotatable bonds is 6. The summed E-state index contributed by atoms with van der Waals surface area (Å²) < 4.78 is 15.5. The van der Waals surface area contributed by atoms with Crippen LogP contribution in [0.15, 0.2) is 36.4 Å². The number of anilines is 1. The molecule has 0 unspecified atom stereocenters. The Hall–Kier alpha value is -2.73. The van der Waals surface area contributed by atoms with E-state index in [9.17, 15) is 9.59 Å². The van der Waals surface area contributed by atoms with Gasteiger partial charge in [0.25, 0.3) is 0 Å². The van der Waals surface area contributed by atoms with Gasteiger partial charge in [-0.15, -0.1) is 0 Å². The molecule has 26 heavy (non-hydrogen) atoms. The van der Waals surface area contributed by atoms with E-state index in [1.54, 1.807) is 13.0 Å². The first-order valence-corrected chi connectivity index (χ1v) is 8.59. The van der Waals surface area contributed by atoms with Crippen LogP contribution in [0.25, 0.3) is 0 Å². The molecule has 0 bridgehead atoms. The van der Waals surface area contributed by atoms with Crippen molar-refractivity contribution in [3.05, 3.63) is 52.5 Å². The molecule has 1 amide bonds. The third-order valence-electron chi connectivity index (χ3n) is 3.83. The number of nitrogens with one attached hydrogen (secondary N) is 1. The Morgan fingerprint density at radius 1 is 1.15 bits per heavy atom. The number of amides is 1. The van der Waals surface area contributed by atoms with Crippen LogP contribution in [0.5, 0.6) is 11.5 Å². The van der Waals surface area contributed by atoms with E-state index in [1.807, 2.05) is 18.2 Å². The molecule has 0 fully saturated rings.